The van der Waals surface area contributed by atoms with Crippen molar-refractivity contribution in [2.24, 2.45) is 0 Å². The van der Waals surface area contributed by atoms with Gasteiger partial charge in [0.1, 0.15) is 6.61 Å². The second-order valence-electron chi connectivity index (χ2n) is 6.94. The summed E-state index contributed by atoms with van der Waals surface area (Å²) >= 11 is 12.4. The molecule has 5 nitrogen and oxygen atoms in total. The van der Waals surface area contributed by atoms with E-state index in [9.17, 15) is 4.79 Å². The molecule has 0 unspecified atom stereocenters. The Kier molecular flexibility index (Phi) is 7.66. The molecule has 0 atom stereocenters. The molecule has 0 saturated heterocycles. The van der Waals surface area contributed by atoms with E-state index in [1.54, 1.807) is 18.2 Å². The van der Waals surface area contributed by atoms with Crippen LogP contribution in [0.3, 0.4) is 0 Å². The van der Waals surface area contributed by atoms with Gasteiger partial charge in [-0.25, -0.2) is 4.79 Å². The minimum absolute atomic E-state index is 0.256. The van der Waals surface area contributed by atoms with Gasteiger partial charge in [-0.2, -0.15) is 0 Å². The van der Waals surface area contributed by atoms with Crippen molar-refractivity contribution in [3.63, 3.8) is 0 Å². The Hall–Kier alpha value is -2.89. The molecule has 0 aliphatic carbocycles. The molecule has 0 amide bonds. The molecule has 2 N–H and O–H groups in total. The quantitative estimate of drug-likeness (QED) is 0.377. The minimum atomic E-state index is -0.947. The summed E-state index contributed by atoms with van der Waals surface area (Å²) in [5, 5.41) is 13.5. The topological polar surface area (TPSA) is 67.8 Å². The lowest BCUT2D eigenvalue weighted by atomic mass is 10.1. The number of halogens is 2. The first-order valence-corrected chi connectivity index (χ1v) is 10.5. The molecule has 7 heteroatoms. The molecule has 0 bridgehead atoms. The summed E-state index contributed by atoms with van der Waals surface area (Å²) in [6.45, 7) is 5.06. The maximum Gasteiger partial charge on any atom is 0.335 e. The van der Waals surface area contributed by atoms with Gasteiger partial charge in [0.15, 0.2) is 11.5 Å². The van der Waals surface area contributed by atoms with Gasteiger partial charge in [-0.3, -0.25) is 0 Å². The zero-order chi connectivity index (χ0) is 22.4. The normalized spacial score (nSPS) is 10.6. The Bertz CT molecular complexity index is 1070. The fourth-order valence-corrected chi connectivity index (χ4v) is 3.47. The number of carboxylic acids is 1. The van der Waals surface area contributed by atoms with Gasteiger partial charge in [0.05, 0.1) is 17.2 Å². The molecule has 162 valence electrons. The van der Waals surface area contributed by atoms with Gasteiger partial charge in [-0.15, -0.1) is 0 Å². The number of ether oxygens (including phenoxy) is 2. The maximum absolute atomic E-state index is 11.1. The van der Waals surface area contributed by atoms with Crippen molar-refractivity contribution in [3.8, 4) is 11.5 Å². The fraction of sp³-hybridized carbons (Fsp3) is 0.208. The van der Waals surface area contributed by atoms with E-state index in [0.29, 0.717) is 41.3 Å². The third-order valence-corrected chi connectivity index (χ3v) is 5.15. The first-order chi connectivity index (χ1) is 14.9. The molecule has 0 spiro atoms. The van der Waals surface area contributed by atoms with Crippen molar-refractivity contribution in [2.75, 3.05) is 11.9 Å². The summed E-state index contributed by atoms with van der Waals surface area (Å²) in [4.78, 5) is 11.1. The lowest BCUT2D eigenvalue weighted by Crippen LogP contribution is -2.05. The van der Waals surface area contributed by atoms with Crippen LogP contribution in [0.2, 0.25) is 10.0 Å². The number of nitrogens with one attached hydrogen (secondary N) is 1. The Morgan fingerprint density at radius 3 is 2.39 bits per heavy atom. The van der Waals surface area contributed by atoms with Crippen molar-refractivity contribution < 1.29 is 19.4 Å². The highest BCUT2D eigenvalue weighted by atomic mass is 35.5. The van der Waals surface area contributed by atoms with Gasteiger partial charge < -0.3 is 19.9 Å². The van der Waals surface area contributed by atoms with Crippen LogP contribution in [0.15, 0.2) is 54.6 Å². The van der Waals surface area contributed by atoms with E-state index < -0.39 is 5.97 Å². The lowest BCUT2D eigenvalue weighted by molar-refractivity contribution is 0.0697. The van der Waals surface area contributed by atoms with Crippen molar-refractivity contribution >= 4 is 34.9 Å². The molecule has 3 rings (SSSR count). The third kappa shape index (κ3) is 6.06. The molecule has 0 aromatic heterocycles. The number of hydrogen-bond acceptors (Lipinski definition) is 4. The molecule has 0 aliphatic heterocycles. The lowest BCUT2D eigenvalue weighted by Gasteiger charge is -2.16. The van der Waals surface area contributed by atoms with E-state index in [2.05, 4.69) is 5.32 Å². The largest absolute Gasteiger partial charge is 0.490 e. The zero-order valence-electron chi connectivity index (χ0n) is 17.2. The standard InChI is InChI=1S/C24H23Cl2NO4/c1-3-30-22-12-17(13-27-21-9-6-18(24(28)29)10-15(21)2)11-20(26)23(22)31-14-16-4-7-19(25)8-5-16/h4-12,27H,3,13-14H2,1-2H3,(H,28,29). The number of rotatable bonds is 9. The average Bonchev–Trinajstić information content (AvgIpc) is 2.73. The summed E-state index contributed by atoms with van der Waals surface area (Å²) in [5.41, 5.74) is 3.83. The smallest absolute Gasteiger partial charge is 0.335 e. The molecule has 0 fully saturated rings. The SMILES string of the molecule is CCOc1cc(CNc2ccc(C(=O)O)cc2C)cc(Cl)c1OCc1ccc(Cl)cc1. The number of carbonyl (C=O) groups is 1. The minimum Gasteiger partial charge on any atom is -0.490 e. The van der Waals surface area contributed by atoms with Crippen molar-refractivity contribution in [1.82, 2.24) is 0 Å². The Balaban J connectivity index is 1.74. The van der Waals surface area contributed by atoms with E-state index in [1.807, 2.05) is 50.2 Å². The molecular weight excluding hydrogens is 437 g/mol. The molecule has 3 aromatic rings. The summed E-state index contributed by atoms with van der Waals surface area (Å²) in [7, 11) is 0. The number of anilines is 1. The Morgan fingerprint density at radius 2 is 1.74 bits per heavy atom. The molecule has 0 saturated carbocycles. The van der Waals surface area contributed by atoms with Crippen molar-refractivity contribution in [2.45, 2.75) is 27.0 Å². The van der Waals surface area contributed by atoms with Gasteiger partial charge in [0, 0.05) is 17.3 Å². The highest BCUT2D eigenvalue weighted by Crippen LogP contribution is 2.37. The highest BCUT2D eigenvalue weighted by Gasteiger charge is 2.14. The van der Waals surface area contributed by atoms with E-state index >= 15 is 0 Å². The number of benzene rings is 3. The maximum atomic E-state index is 11.1. The van der Waals surface area contributed by atoms with E-state index in [-0.39, 0.29) is 5.56 Å². The fourth-order valence-electron chi connectivity index (χ4n) is 3.05. The molecule has 3 aromatic carbocycles. The van der Waals surface area contributed by atoms with Gasteiger partial charge >= 0.3 is 5.97 Å². The summed E-state index contributed by atoms with van der Waals surface area (Å²) in [6.07, 6.45) is 0. The Morgan fingerprint density at radius 1 is 1.00 bits per heavy atom. The van der Waals surface area contributed by atoms with E-state index in [0.717, 1.165) is 22.4 Å². The second-order valence-corrected chi connectivity index (χ2v) is 7.79. The van der Waals surface area contributed by atoms with Crippen LogP contribution in [0.5, 0.6) is 11.5 Å². The first-order valence-electron chi connectivity index (χ1n) is 9.77. The van der Waals surface area contributed by atoms with Crippen LogP contribution in [0.4, 0.5) is 5.69 Å². The zero-order valence-corrected chi connectivity index (χ0v) is 18.8. The third-order valence-electron chi connectivity index (χ3n) is 4.62. The predicted octanol–water partition coefficient (Wildman–Crippen LogP) is 6.59. The first kappa shape index (κ1) is 22.8. The summed E-state index contributed by atoms with van der Waals surface area (Å²) in [6, 6.07) is 16.1. The van der Waals surface area contributed by atoms with E-state index in [1.165, 1.54) is 0 Å². The Labute approximate surface area is 191 Å². The average molecular weight is 460 g/mol. The molecule has 0 radical (unpaired) electrons. The molecule has 0 heterocycles. The van der Waals surface area contributed by atoms with Crippen LogP contribution < -0.4 is 14.8 Å². The van der Waals surface area contributed by atoms with Crippen LogP contribution in [0.25, 0.3) is 0 Å². The van der Waals surface area contributed by atoms with Crippen LogP contribution in [-0.2, 0) is 13.2 Å². The molecule has 31 heavy (non-hydrogen) atoms. The van der Waals surface area contributed by atoms with Crippen LogP contribution in [0, 0.1) is 6.92 Å². The monoisotopic (exact) mass is 459 g/mol. The predicted molar refractivity (Wildman–Crippen MR) is 124 cm³/mol. The van der Waals surface area contributed by atoms with Gasteiger partial charge in [-0.05, 0) is 73.0 Å². The summed E-state index contributed by atoms with van der Waals surface area (Å²) in [5.74, 6) is 0.111. The van der Waals surface area contributed by atoms with Gasteiger partial charge in [0.2, 0.25) is 0 Å². The number of hydrogen-bond donors (Lipinski definition) is 2. The number of carboxylic acid groups (broad SMARTS) is 1. The second kappa shape index (κ2) is 10.4. The summed E-state index contributed by atoms with van der Waals surface area (Å²) < 4.78 is 11.7. The highest BCUT2D eigenvalue weighted by molar-refractivity contribution is 6.32. The van der Waals surface area contributed by atoms with Gasteiger partial charge in [0.25, 0.3) is 0 Å². The van der Waals surface area contributed by atoms with Crippen LogP contribution in [0.1, 0.15) is 34.0 Å². The number of aryl methyl sites for hydroxylation is 1. The van der Waals surface area contributed by atoms with Crippen molar-refractivity contribution in [1.29, 1.82) is 0 Å². The van der Waals surface area contributed by atoms with E-state index in [4.69, 9.17) is 37.8 Å². The van der Waals surface area contributed by atoms with Crippen LogP contribution >= 0.6 is 23.2 Å². The van der Waals surface area contributed by atoms with Crippen molar-refractivity contribution in [3.05, 3.63) is 86.9 Å². The number of aromatic carboxylic acids is 1. The van der Waals surface area contributed by atoms with Crippen LogP contribution in [-0.4, -0.2) is 17.7 Å². The molecular formula is C24H23Cl2NO4. The van der Waals surface area contributed by atoms with Gasteiger partial charge in [-0.1, -0.05) is 35.3 Å². The molecule has 0 aliphatic rings.